The predicted octanol–water partition coefficient (Wildman–Crippen LogP) is 3.64. The van der Waals surface area contributed by atoms with Gasteiger partial charge in [0, 0.05) is 29.7 Å². The highest BCUT2D eigenvalue weighted by Gasteiger charge is 2.46. The molecular formula is C19H26N2O. The first-order valence-corrected chi connectivity index (χ1v) is 8.73. The van der Waals surface area contributed by atoms with E-state index in [-0.39, 0.29) is 5.41 Å². The van der Waals surface area contributed by atoms with E-state index in [1.807, 2.05) is 0 Å². The fourth-order valence-electron chi connectivity index (χ4n) is 5.03. The normalized spacial score (nSPS) is 28.5. The van der Waals surface area contributed by atoms with Crippen molar-refractivity contribution in [1.82, 2.24) is 9.88 Å². The lowest BCUT2D eigenvalue weighted by Gasteiger charge is -2.52. The summed E-state index contributed by atoms with van der Waals surface area (Å²) in [5.74, 6) is 0. The summed E-state index contributed by atoms with van der Waals surface area (Å²) in [5.41, 5.74) is 4.45. The lowest BCUT2D eigenvalue weighted by Crippen LogP contribution is -2.49. The number of H-pyrrole nitrogens is 1. The molecule has 2 atom stereocenters. The molecule has 4 rings (SSSR count). The second-order valence-electron chi connectivity index (χ2n) is 7.04. The molecule has 0 unspecified atom stereocenters. The Kier molecular flexibility index (Phi) is 3.50. The molecule has 2 aliphatic heterocycles. The van der Waals surface area contributed by atoms with Gasteiger partial charge in [0.15, 0.2) is 0 Å². The Morgan fingerprint density at radius 1 is 1.32 bits per heavy atom. The number of aliphatic hydroxyl groups excluding tert-OH is 1. The quantitative estimate of drug-likeness (QED) is 0.908. The van der Waals surface area contributed by atoms with Crippen molar-refractivity contribution in [2.75, 3.05) is 19.7 Å². The van der Waals surface area contributed by atoms with Gasteiger partial charge >= 0.3 is 0 Å². The van der Waals surface area contributed by atoms with Crippen LogP contribution in [0.5, 0.6) is 0 Å². The van der Waals surface area contributed by atoms with Gasteiger partial charge in [0.2, 0.25) is 0 Å². The predicted molar refractivity (Wildman–Crippen MR) is 90.0 cm³/mol. The summed E-state index contributed by atoms with van der Waals surface area (Å²) in [6.45, 7) is 4.96. The number of rotatable bonds is 3. The van der Waals surface area contributed by atoms with E-state index in [0.29, 0.717) is 12.6 Å². The van der Waals surface area contributed by atoms with E-state index in [0.717, 1.165) is 25.8 Å². The van der Waals surface area contributed by atoms with Crippen molar-refractivity contribution in [2.24, 2.45) is 5.41 Å². The van der Waals surface area contributed by atoms with Crippen LogP contribution in [0.1, 0.15) is 49.9 Å². The minimum atomic E-state index is 0.225. The Hall–Kier alpha value is -1.32. The summed E-state index contributed by atoms with van der Waals surface area (Å²) in [5, 5.41) is 11.1. The van der Waals surface area contributed by atoms with E-state index >= 15 is 0 Å². The van der Waals surface area contributed by atoms with Gasteiger partial charge in [-0.3, -0.25) is 4.90 Å². The van der Waals surface area contributed by atoms with E-state index in [9.17, 15) is 5.11 Å². The van der Waals surface area contributed by atoms with Gasteiger partial charge in [-0.05, 0) is 55.7 Å². The van der Waals surface area contributed by atoms with Crippen molar-refractivity contribution in [3.05, 3.63) is 35.5 Å². The smallest absolute Gasteiger partial charge is 0.0559 e. The number of piperidine rings is 1. The largest absolute Gasteiger partial charge is 0.396 e. The van der Waals surface area contributed by atoms with Gasteiger partial charge in [-0.2, -0.15) is 0 Å². The van der Waals surface area contributed by atoms with Crippen molar-refractivity contribution in [2.45, 2.75) is 45.1 Å². The molecule has 3 heterocycles. The van der Waals surface area contributed by atoms with Gasteiger partial charge in [-0.25, -0.2) is 0 Å². The maximum absolute atomic E-state index is 9.66. The van der Waals surface area contributed by atoms with E-state index in [4.69, 9.17) is 0 Å². The Bertz CT molecular complexity index is 673. The lowest BCUT2D eigenvalue weighted by atomic mass is 9.66. The average molecular weight is 298 g/mol. The van der Waals surface area contributed by atoms with Crippen molar-refractivity contribution < 1.29 is 5.11 Å². The SMILES string of the molecule is CC[C@]1(CCO)CCCN2CCc3c([nH]c4ccccc34)[C@H]21. The molecule has 0 aliphatic carbocycles. The highest BCUT2D eigenvalue weighted by atomic mass is 16.3. The Balaban J connectivity index is 1.88. The molecule has 2 aromatic rings. The van der Waals surface area contributed by atoms with Crippen molar-refractivity contribution in [1.29, 1.82) is 0 Å². The number of para-hydroxylation sites is 1. The number of aliphatic hydroxyl groups is 1. The third kappa shape index (κ3) is 1.95. The average Bonchev–Trinajstić information content (AvgIpc) is 2.93. The third-order valence-corrected chi connectivity index (χ3v) is 6.15. The number of hydrogen-bond donors (Lipinski definition) is 2. The van der Waals surface area contributed by atoms with Gasteiger partial charge in [-0.1, -0.05) is 25.1 Å². The number of aromatic nitrogens is 1. The molecule has 2 aliphatic rings. The van der Waals surface area contributed by atoms with Gasteiger partial charge in [-0.15, -0.1) is 0 Å². The van der Waals surface area contributed by atoms with Gasteiger partial charge in [0.1, 0.15) is 0 Å². The highest BCUT2D eigenvalue weighted by molar-refractivity contribution is 5.85. The maximum Gasteiger partial charge on any atom is 0.0559 e. The second kappa shape index (κ2) is 5.39. The van der Waals surface area contributed by atoms with E-state index in [1.54, 1.807) is 0 Å². The summed E-state index contributed by atoms with van der Waals surface area (Å²) < 4.78 is 0. The molecule has 2 N–H and O–H groups in total. The van der Waals surface area contributed by atoms with Crippen molar-refractivity contribution in [3.63, 3.8) is 0 Å². The monoisotopic (exact) mass is 298 g/mol. The fourth-order valence-corrected chi connectivity index (χ4v) is 5.03. The van der Waals surface area contributed by atoms with Crippen LogP contribution in [0.4, 0.5) is 0 Å². The highest BCUT2D eigenvalue weighted by Crippen LogP contribution is 2.53. The van der Waals surface area contributed by atoms with Crippen LogP contribution < -0.4 is 0 Å². The lowest BCUT2D eigenvalue weighted by molar-refractivity contribution is -0.0169. The van der Waals surface area contributed by atoms with Crippen LogP contribution in [0.3, 0.4) is 0 Å². The van der Waals surface area contributed by atoms with Crippen LogP contribution in [-0.2, 0) is 6.42 Å². The van der Waals surface area contributed by atoms with Crippen LogP contribution in [0, 0.1) is 5.41 Å². The number of nitrogens with one attached hydrogen (secondary N) is 1. The van der Waals surface area contributed by atoms with Crippen LogP contribution in [-0.4, -0.2) is 34.7 Å². The second-order valence-corrected chi connectivity index (χ2v) is 7.04. The third-order valence-electron chi connectivity index (χ3n) is 6.15. The Morgan fingerprint density at radius 2 is 2.18 bits per heavy atom. The van der Waals surface area contributed by atoms with Gasteiger partial charge < -0.3 is 10.1 Å². The number of hydrogen-bond acceptors (Lipinski definition) is 2. The van der Waals surface area contributed by atoms with Gasteiger partial charge in [0.25, 0.3) is 0 Å². The summed E-state index contributed by atoms with van der Waals surface area (Å²) in [7, 11) is 0. The Morgan fingerprint density at radius 3 is 3.00 bits per heavy atom. The maximum atomic E-state index is 9.66. The fraction of sp³-hybridized carbons (Fsp3) is 0.579. The zero-order valence-corrected chi connectivity index (χ0v) is 13.4. The van der Waals surface area contributed by atoms with Gasteiger partial charge in [0.05, 0.1) is 6.04 Å². The molecule has 0 amide bonds. The minimum Gasteiger partial charge on any atom is -0.396 e. The van der Waals surface area contributed by atoms with E-state index in [2.05, 4.69) is 41.1 Å². The molecule has 1 aromatic carbocycles. The minimum absolute atomic E-state index is 0.225. The van der Waals surface area contributed by atoms with Crippen LogP contribution in [0.15, 0.2) is 24.3 Å². The molecule has 1 saturated heterocycles. The molecule has 0 radical (unpaired) electrons. The van der Waals surface area contributed by atoms with E-state index in [1.165, 1.54) is 41.5 Å². The molecule has 0 saturated carbocycles. The first kappa shape index (κ1) is 14.3. The Labute approximate surface area is 132 Å². The zero-order chi connectivity index (χ0) is 15.2. The molecule has 1 fully saturated rings. The standard InChI is InChI=1S/C19H26N2O/c1-2-19(10-13-22)9-5-11-21-12-8-15-14-6-3-4-7-16(14)20-17(15)18(19)21/h3-4,6-7,18,20,22H,2,5,8-13H2,1H3/t18-,19+/m0/s1. The molecule has 22 heavy (non-hydrogen) atoms. The molecule has 0 spiro atoms. The molecule has 3 nitrogen and oxygen atoms in total. The molecule has 0 bridgehead atoms. The molecule has 1 aromatic heterocycles. The summed E-state index contributed by atoms with van der Waals surface area (Å²) in [6, 6.07) is 9.16. The van der Waals surface area contributed by atoms with Crippen LogP contribution in [0.25, 0.3) is 10.9 Å². The number of nitrogens with zero attached hydrogens (tertiary/aromatic N) is 1. The summed E-state index contributed by atoms with van der Waals surface area (Å²) in [4.78, 5) is 6.41. The van der Waals surface area contributed by atoms with Crippen molar-refractivity contribution in [3.8, 4) is 0 Å². The van der Waals surface area contributed by atoms with E-state index < -0.39 is 0 Å². The van der Waals surface area contributed by atoms with Crippen LogP contribution >= 0.6 is 0 Å². The van der Waals surface area contributed by atoms with Crippen LogP contribution in [0.2, 0.25) is 0 Å². The first-order valence-electron chi connectivity index (χ1n) is 8.73. The molecular weight excluding hydrogens is 272 g/mol. The van der Waals surface area contributed by atoms with Crippen molar-refractivity contribution >= 4 is 10.9 Å². The molecule has 118 valence electrons. The number of fused-ring (bicyclic) bond motifs is 5. The molecule has 3 heteroatoms. The summed E-state index contributed by atoms with van der Waals surface area (Å²) in [6.07, 6.45) is 5.71. The zero-order valence-electron chi connectivity index (χ0n) is 13.4. The topological polar surface area (TPSA) is 39.3 Å². The first-order chi connectivity index (χ1) is 10.8. The summed E-state index contributed by atoms with van der Waals surface area (Å²) >= 11 is 0. The number of aromatic amines is 1. The number of benzene rings is 1.